The molecule has 0 radical (unpaired) electrons. The third-order valence-corrected chi connectivity index (χ3v) is 3.18. The Hall–Kier alpha value is -2.16. The van der Waals surface area contributed by atoms with E-state index in [1.807, 2.05) is 0 Å². The molecule has 2 N–H and O–H groups in total. The van der Waals surface area contributed by atoms with Gasteiger partial charge in [-0.25, -0.2) is 9.78 Å². The molecule has 0 bridgehead atoms. The highest BCUT2D eigenvalue weighted by atomic mass is 32.1. The fourth-order valence-corrected chi connectivity index (χ4v) is 1.92. The zero-order chi connectivity index (χ0) is 18.5. The Balaban J connectivity index is 2.93. The molecule has 24 heavy (non-hydrogen) atoms. The number of nitrogens with zero attached hydrogens (tertiary/aromatic N) is 2. The summed E-state index contributed by atoms with van der Waals surface area (Å²) >= 11 is 1.21. The van der Waals surface area contributed by atoms with Crippen LogP contribution < -0.4 is 5.73 Å². The van der Waals surface area contributed by atoms with E-state index in [0.717, 1.165) is 0 Å². The average Bonchev–Trinajstić information content (AvgIpc) is 2.83. The van der Waals surface area contributed by atoms with Crippen LogP contribution >= 0.6 is 11.3 Å². The molecule has 0 saturated carbocycles. The van der Waals surface area contributed by atoms with Gasteiger partial charge in [0.25, 0.3) is 0 Å². The maximum atomic E-state index is 12.2. The Morgan fingerprint density at radius 2 is 1.92 bits per heavy atom. The molecule has 134 valence electrons. The first kappa shape index (κ1) is 19.9. The van der Waals surface area contributed by atoms with Crippen molar-refractivity contribution in [3.8, 4) is 0 Å². The molecule has 0 fully saturated rings. The molecule has 1 aromatic heterocycles. The molecule has 0 unspecified atom stereocenters. The summed E-state index contributed by atoms with van der Waals surface area (Å²) in [7, 11) is 0. The number of hydrogen-bond donors (Lipinski definition) is 1. The van der Waals surface area contributed by atoms with Crippen LogP contribution in [-0.2, 0) is 23.9 Å². The molecule has 0 spiro atoms. The highest BCUT2D eigenvalue weighted by molar-refractivity contribution is 7.13. The van der Waals surface area contributed by atoms with Crippen LogP contribution in [0.25, 0.3) is 0 Å². The normalized spacial score (nSPS) is 12.7. The first-order chi connectivity index (χ1) is 10.9. The molecule has 0 aliphatic rings. The zero-order valence-corrected chi connectivity index (χ0v) is 15.5. The van der Waals surface area contributed by atoms with E-state index in [1.165, 1.54) is 32.1 Å². The molecular weight excluding hydrogens is 334 g/mol. The highest BCUT2D eigenvalue weighted by Gasteiger charge is 2.35. The van der Waals surface area contributed by atoms with E-state index in [2.05, 4.69) is 10.1 Å². The summed E-state index contributed by atoms with van der Waals surface area (Å²) in [6.45, 7) is 9.46. The second kappa shape index (κ2) is 7.61. The van der Waals surface area contributed by atoms with Crippen LogP contribution in [0, 0.1) is 0 Å². The Morgan fingerprint density at radius 1 is 1.29 bits per heavy atom. The molecule has 0 aromatic carbocycles. The molecule has 0 atom stereocenters. The van der Waals surface area contributed by atoms with Crippen LogP contribution in [0.2, 0.25) is 0 Å². The largest absolute Gasteiger partial charge is 0.459 e. The molecule has 9 heteroatoms. The number of esters is 2. The van der Waals surface area contributed by atoms with Gasteiger partial charge in [-0.1, -0.05) is 5.16 Å². The Kier molecular flexibility index (Phi) is 6.30. The predicted molar refractivity (Wildman–Crippen MR) is 90.7 cm³/mol. The van der Waals surface area contributed by atoms with Gasteiger partial charge in [-0.3, -0.25) is 4.79 Å². The van der Waals surface area contributed by atoms with Crippen molar-refractivity contribution in [2.24, 2.45) is 5.16 Å². The van der Waals surface area contributed by atoms with Crippen LogP contribution in [0.1, 0.15) is 47.2 Å². The van der Waals surface area contributed by atoms with Gasteiger partial charge in [-0.2, -0.15) is 0 Å². The molecule has 1 heterocycles. The molecule has 1 rings (SSSR count). The minimum Gasteiger partial charge on any atom is -0.459 e. The van der Waals surface area contributed by atoms with Crippen molar-refractivity contribution >= 4 is 34.1 Å². The summed E-state index contributed by atoms with van der Waals surface area (Å²) in [6.07, 6.45) is 0. The van der Waals surface area contributed by atoms with Crippen LogP contribution in [-0.4, -0.2) is 40.4 Å². The number of ether oxygens (including phenoxy) is 2. The topological polar surface area (TPSA) is 113 Å². The molecule has 0 aliphatic heterocycles. The fourth-order valence-electron chi connectivity index (χ4n) is 1.34. The molecule has 8 nitrogen and oxygen atoms in total. The summed E-state index contributed by atoms with van der Waals surface area (Å²) in [4.78, 5) is 32.6. The molecule has 0 saturated heterocycles. The smallest absolute Gasteiger partial charge is 0.353 e. The number of hydrogen-bond acceptors (Lipinski definition) is 9. The predicted octanol–water partition coefficient (Wildman–Crippen LogP) is 2.13. The van der Waals surface area contributed by atoms with Crippen molar-refractivity contribution in [1.29, 1.82) is 0 Å². The third kappa shape index (κ3) is 6.53. The SMILES string of the molecule is CC(=O)OC/C(=N\OC(C)(C)C(=O)OC(C)(C)C)c1csc(N)n1. The third-order valence-electron chi connectivity index (χ3n) is 2.50. The average molecular weight is 357 g/mol. The van der Waals surface area contributed by atoms with E-state index in [4.69, 9.17) is 20.0 Å². The standard InChI is InChI=1S/C15H23N3O5S/c1-9(19)21-7-10(11-8-24-13(16)17-11)18-23-15(5,6)12(20)22-14(2,3)4/h8H,7H2,1-6H3,(H2,16,17)/b18-10+. The van der Waals surface area contributed by atoms with Crippen LogP contribution in [0.5, 0.6) is 0 Å². The quantitative estimate of drug-likeness (QED) is 0.471. The van der Waals surface area contributed by atoms with E-state index in [9.17, 15) is 9.59 Å². The van der Waals surface area contributed by atoms with Crippen LogP contribution in [0.4, 0.5) is 5.13 Å². The number of rotatable bonds is 6. The lowest BCUT2D eigenvalue weighted by atomic mass is 10.1. The van der Waals surface area contributed by atoms with E-state index in [-0.39, 0.29) is 12.3 Å². The number of oxime groups is 1. The van der Waals surface area contributed by atoms with Crippen molar-refractivity contribution < 1.29 is 23.9 Å². The lowest BCUT2D eigenvalue weighted by Crippen LogP contribution is -2.40. The Bertz CT molecular complexity index is 631. The number of anilines is 1. The van der Waals surface area contributed by atoms with Crippen molar-refractivity contribution in [2.45, 2.75) is 52.7 Å². The van der Waals surface area contributed by atoms with Gasteiger partial charge in [-0.15, -0.1) is 11.3 Å². The van der Waals surface area contributed by atoms with Crippen molar-refractivity contribution in [2.75, 3.05) is 12.3 Å². The van der Waals surface area contributed by atoms with Gasteiger partial charge in [0.2, 0.25) is 5.60 Å². The number of carbonyl (C=O) groups excluding carboxylic acids is 2. The van der Waals surface area contributed by atoms with Gasteiger partial charge in [0, 0.05) is 12.3 Å². The number of thiazole rings is 1. The molecule has 0 amide bonds. The fraction of sp³-hybridized carbons (Fsp3) is 0.600. The second-order valence-electron chi connectivity index (χ2n) is 6.49. The van der Waals surface area contributed by atoms with Gasteiger partial charge < -0.3 is 20.0 Å². The summed E-state index contributed by atoms with van der Waals surface area (Å²) in [6, 6.07) is 0. The summed E-state index contributed by atoms with van der Waals surface area (Å²) in [5.41, 5.74) is 4.29. The number of carbonyl (C=O) groups is 2. The van der Waals surface area contributed by atoms with Crippen LogP contribution in [0.3, 0.4) is 0 Å². The lowest BCUT2D eigenvalue weighted by Gasteiger charge is -2.26. The number of aromatic nitrogens is 1. The van der Waals surface area contributed by atoms with Gasteiger partial charge in [0.05, 0.1) is 0 Å². The minimum absolute atomic E-state index is 0.150. The molecule has 0 aliphatic carbocycles. The Morgan fingerprint density at radius 3 is 2.38 bits per heavy atom. The summed E-state index contributed by atoms with van der Waals surface area (Å²) < 4.78 is 10.2. The summed E-state index contributed by atoms with van der Waals surface area (Å²) in [5, 5.41) is 5.92. The number of nitrogen functional groups attached to an aromatic ring is 1. The lowest BCUT2D eigenvalue weighted by molar-refractivity contribution is -0.179. The van der Waals surface area contributed by atoms with E-state index >= 15 is 0 Å². The minimum atomic E-state index is -1.32. The summed E-state index contributed by atoms with van der Waals surface area (Å²) in [5.74, 6) is -1.04. The molecular formula is C15H23N3O5S. The monoisotopic (exact) mass is 357 g/mol. The van der Waals surface area contributed by atoms with Gasteiger partial charge in [0.15, 0.2) is 5.13 Å². The first-order valence-corrected chi connectivity index (χ1v) is 8.12. The zero-order valence-electron chi connectivity index (χ0n) is 14.7. The first-order valence-electron chi connectivity index (χ1n) is 7.24. The van der Waals surface area contributed by atoms with Crippen LogP contribution in [0.15, 0.2) is 10.5 Å². The van der Waals surface area contributed by atoms with Gasteiger partial charge in [-0.05, 0) is 34.6 Å². The van der Waals surface area contributed by atoms with Crippen molar-refractivity contribution in [3.05, 3.63) is 11.1 Å². The Labute approximate surface area is 145 Å². The van der Waals surface area contributed by atoms with E-state index in [1.54, 1.807) is 26.2 Å². The maximum absolute atomic E-state index is 12.2. The van der Waals surface area contributed by atoms with Gasteiger partial charge >= 0.3 is 11.9 Å². The van der Waals surface area contributed by atoms with E-state index in [0.29, 0.717) is 10.8 Å². The van der Waals surface area contributed by atoms with E-state index < -0.39 is 23.1 Å². The van der Waals surface area contributed by atoms with Crippen molar-refractivity contribution in [3.63, 3.8) is 0 Å². The van der Waals surface area contributed by atoms with Gasteiger partial charge in [0.1, 0.15) is 23.6 Å². The molecule has 1 aromatic rings. The maximum Gasteiger partial charge on any atom is 0.353 e. The highest BCUT2D eigenvalue weighted by Crippen LogP contribution is 2.19. The van der Waals surface area contributed by atoms with Crippen molar-refractivity contribution in [1.82, 2.24) is 4.98 Å². The second-order valence-corrected chi connectivity index (χ2v) is 7.38. The number of nitrogens with two attached hydrogens (primary N) is 1.